The number of likely N-dealkylation sites (tertiary alicyclic amines) is 1. The first-order valence-electron chi connectivity index (χ1n) is 7.83. The van der Waals surface area contributed by atoms with Crippen LogP contribution in [0.2, 0.25) is 0 Å². The van der Waals surface area contributed by atoms with E-state index in [-0.39, 0.29) is 22.7 Å². The number of allylic oxidation sites excluding steroid dienone is 2. The van der Waals surface area contributed by atoms with Crippen LogP contribution in [-0.4, -0.2) is 42.9 Å². The number of likely N-dealkylation sites (N-methyl/N-ethyl adjacent to an activating group) is 1. The Labute approximate surface area is 128 Å². The van der Waals surface area contributed by atoms with Gasteiger partial charge in [-0.2, -0.15) is 0 Å². The molecule has 3 aliphatic carbocycles. The van der Waals surface area contributed by atoms with Gasteiger partial charge >= 0.3 is 0 Å². The molecule has 1 N–H and O–H groups in total. The van der Waals surface area contributed by atoms with E-state index in [1.807, 2.05) is 0 Å². The lowest BCUT2D eigenvalue weighted by Crippen LogP contribution is -2.64. The smallest absolute Gasteiger partial charge is 0.169 e. The quantitative estimate of drug-likeness (QED) is 0.858. The Hall–Kier alpha value is -1.94. The fraction of sp³-hybridized carbons (Fsp3) is 0.444. The van der Waals surface area contributed by atoms with Crippen LogP contribution >= 0.6 is 0 Å². The van der Waals surface area contributed by atoms with E-state index in [4.69, 9.17) is 9.47 Å². The van der Waals surface area contributed by atoms with Gasteiger partial charge in [-0.3, -0.25) is 4.90 Å². The Morgan fingerprint density at radius 3 is 3.00 bits per heavy atom. The summed E-state index contributed by atoms with van der Waals surface area (Å²) in [5.74, 6) is 1.81. The maximum absolute atomic E-state index is 10.3. The molecular formula is C18H17NO3. The molecule has 1 aromatic rings. The molecule has 112 valence electrons. The maximum Gasteiger partial charge on any atom is 0.169 e. The van der Waals surface area contributed by atoms with Crippen molar-refractivity contribution in [3.05, 3.63) is 46.7 Å². The average Bonchev–Trinajstić information content (AvgIpc) is 3.06. The zero-order chi connectivity index (χ0) is 14.9. The molecule has 5 aliphatic rings. The summed E-state index contributed by atoms with van der Waals surface area (Å²) in [6.45, 7) is 1.09. The van der Waals surface area contributed by atoms with Crippen molar-refractivity contribution in [2.45, 2.75) is 29.4 Å². The van der Waals surface area contributed by atoms with E-state index in [2.05, 4.69) is 30.2 Å². The summed E-state index contributed by atoms with van der Waals surface area (Å²) in [5.41, 5.74) is 4.15. The molecule has 1 aromatic carbocycles. The second kappa shape index (κ2) is 3.06. The number of ether oxygens (including phenoxy) is 2. The van der Waals surface area contributed by atoms with Gasteiger partial charge in [0.15, 0.2) is 17.6 Å². The number of methoxy groups -OCH3 is 1. The number of nitrogens with zero attached hydrogens (tertiary/aromatic N) is 1. The summed E-state index contributed by atoms with van der Waals surface area (Å²) in [6.07, 6.45) is 5.24. The maximum atomic E-state index is 10.3. The van der Waals surface area contributed by atoms with Crippen LogP contribution in [0.15, 0.2) is 35.6 Å². The van der Waals surface area contributed by atoms with Gasteiger partial charge in [0.05, 0.1) is 12.5 Å². The molecule has 0 aromatic heterocycles. The van der Waals surface area contributed by atoms with Crippen LogP contribution < -0.4 is 4.74 Å². The molecule has 22 heavy (non-hydrogen) atoms. The summed E-state index contributed by atoms with van der Waals surface area (Å²) < 4.78 is 11.8. The van der Waals surface area contributed by atoms with Crippen molar-refractivity contribution in [3.8, 4) is 11.5 Å². The molecule has 4 unspecified atom stereocenters. The van der Waals surface area contributed by atoms with Gasteiger partial charge in [-0.1, -0.05) is 12.1 Å². The number of rotatable bonds is 1. The van der Waals surface area contributed by atoms with E-state index in [1.54, 1.807) is 13.2 Å². The predicted molar refractivity (Wildman–Crippen MR) is 80.1 cm³/mol. The zero-order valence-corrected chi connectivity index (χ0v) is 12.6. The standard InChI is InChI=1S/C18H17NO3/c1-19-8-17-7-18-10(15(17)19)4-6-12(21-2)16(18)22-14-11(20)5-3-9(17)13(14)18/h3-6,15-16,20H,7-8H2,1-2H3. The minimum atomic E-state index is -0.127. The highest BCUT2D eigenvalue weighted by molar-refractivity contribution is 5.75. The van der Waals surface area contributed by atoms with E-state index >= 15 is 0 Å². The molecule has 2 spiro atoms. The minimum absolute atomic E-state index is 0.126. The summed E-state index contributed by atoms with van der Waals surface area (Å²) in [4.78, 5) is 2.44. The predicted octanol–water partition coefficient (Wildman–Crippen LogP) is 1.83. The van der Waals surface area contributed by atoms with Crippen molar-refractivity contribution in [2.75, 3.05) is 20.7 Å². The summed E-state index contributed by atoms with van der Waals surface area (Å²) in [5, 5.41) is 10.3. The number of hydrogen-bond donors (Lipinski definition) is 1. The molecule has 2 bridgehead atoms. The van der Waals surface area contributed by atoms with Crippen molar-refractivity contribution < 1.29 is 14.6 Å². The van der Waals surface area contributed by atoms with E-state index < -0.39 is 0 Å². The van der Waals surface area contributed by atoms with Gasteiger partial charge in [-0.05, 0) is 36.7 Å². The monoisotopic (exact) mass is 295 g/mol. The van der Waals surface area contributed by atoms with Gasteiger partial charge in [-0.25, -0.2) is 0 Å². The highest BCUT2D eigenvalue weighted by atomic mass is 16.5. The molecule has 2 aliphatic heterocycles. The summed E-state index contributed by atoms with van der Waals surface area (Å²) >= 11 is 0. The number of phenols is 1. The van der Waals surface area contributed by atoms with E-state index in [1.165, 1.54) is 16.7 Å². The van der Waals surface area contributed by atoms with Gasteiger partial charge in [0.1, 0.15) is 5.76 Å². The molecule has 2 fully saturated rings. The van der Waals surface area contributed by atoms with Crippen LogP contribution in [0.1, 0.15) is 17.5 Å². The van der Waals surface area contributed by atoms with Gasteiger partial charge in [-0.15, -0.1) is 0 Å². The molecule has 2 heterocycles. The van der Waals surface area contributed by atoms with Gasteiger partial charge in [0, 0.05) is 23.6 Å². The first-order chi connectivity index (χ1) is 10.6. The van der Waals surface area contributed by atoms with Crippen LogP contribution in [0.5, 0.6) is 11.5 Å². The summed E-state index contributed by atoms with van der Waals surface area (Å²) in [6, 6.07) is 4.39. The Morgan fingerprint density at radius 1 is 1.36 bits per heavy atom. The number of fused-ring (bicyclic) bond motifs is 1. The topological polar surface area (TPSA) is 41.9 Å². The number of aromatic hydroxyl groups is 1. The highest BCUT2D eigenvalue weighted by Gasteiger charge is 2.77. The Bertz CT molecular complexity index is 826. The van der Waals surface area contributed by atoms with E-state index in [0.717, 1.165) is 18.7 Å². The number of phenolic OH excluding ortho intramolecular Hbond substituents is 1. The first-order valence-corrected chi connectivity index (χ1v) is 7.83. The van der Waals surface area contributed by atoms with Crippen LogP contribution in [0, 0.1) is 0 Å². The molecule has 4 nitrogen and oxygen atoms in total. The number of hydrogen-bond acceptors (Lipinski definition) is 4. The van der Waals surface area contributed by atoms with Crippen LogP contribution in [-0.2, 0) is 15.6 Å². The van der Waals surface area contributed by atoms with Crippen LogP contribution in [0.4, 0.5) is 0 Å². The Morgan fingerprint density at radius 2 is 2.23 bits per heavy atom. The third-order valence-electron chi connectivity index (χ3n) is 6.62. The fourth-order valence-corrected chi connectivity index (χ4v) is 6.14. The lowest BCUT2D eigenvalue weighted by molar-refractivity contribution is 0.0510. The molecule has 1 saturated heterocycles. The SMILES string of the molecule is COC1=CC=C2C3N(C)CC34CC23c2c4ccc(O)c2OC13. The fourth-order valence-electron chi connectivity index (χ4n) is 6.14. The Balaban J connectivity index is 1.74. The zero-order valence-electron chi connectivity index (χ0n) is 12.6. The molecular weight excluding hydrogens is 278 g/mol. The van der Waals surface area contributed by atoms with E-state index in [0.29, 0.717) is 11.8 Å². The third-order valence-corrected chi connectivity index (χ3v) is 6.62. The van der Waals surface area contributed by atoms with Crippen LogP contribution in [0.25, 0.3) is 0 Å². The second-order valence-electron chi connectivity index (χ2n) is 7.35. The molecule has 4 heteroatoms. The molecule has 0 radical (unpaired) electrons. The van der Waals surface area contributed by atoms with Crippen molar-refractivity contribution >= 4 is 0 Å². The lowest BCUT2D eigenvalue weighted by atomic mass is 9.63. The van der Waals surface area contributed by atoms with Crippen molar-refractivity contribution in [2.24, 2.45) is 0 Å². The highest BCUT2D eigenvalue weighted by Crippen LogP contribution is 2.75. The lowest BCUT2D eigenvalue weighted by Gasteiger charge is -2.54. The largest absolute Gasteiger partial charge is 0.504 e. The Kier molecular flexibility index (Phi) is 1.61. The molecule has 1 saturated carbocycles. The van der Waals surface area contributed by atoms with Gasteiger partial charge in [0.25, 0.3) is 0 Å². The van der Waals surface area contributed by atoms with Gasteiger partial charge < -0.3 is 14.6 Å². The van der Waals surface area contributed by atoms with E-state index in [9.17, 15) is 5.11 Å². The van der Waals surface area contributed by atoms with Crippen LogP contribution in [0.3, 0.4) is 0 Å². The molecule has 4 atom stereocenters. The number of benzene rings is 1. The molecule has 6 rings (SSSR count). The first kappa shape index (κ1) is 11.6. The third kappa shape index (κ3) is 0.841. The minimum Gasteiger partial charge on any atom is -0.504 e. The average molecular weight is 295 g/mol. The van der Waals surface area contributed by atoms with Crippen molar-refractivity contribution in [3.63, 3.8) is 0 Å². The second-order valence-corrected chi connectivity index (χ2v) is 7.35. The normalized spacial score (nSPS) is 42.1. The van der Waals surface area contributed by atoms with Crippen molar-refractivity contribution in [1.82, 2.24) is 4.90 Å². The van der Waals surface area contributed by atoms with Crippen molar-refractivity contribution in [1.29, 1.82) is 0 Å². The summed E-state index contributed by atoms with van der Waals surface area (Å²) in [7, 11) is 3.91. The molecule has 0 amide bonds. The van der Waals surface area contributed by atoms with Gasteiger partial charge in [0.2, 0.25) is 0 Å².